The first-order valence-corrected chi connectivity index (χ1v) is 10.1. The molecule has 0 aliphatic carbocycles. The van der Waals surface area contributed by atoms with Crippen LogP contribution in [0.2, 0.25) is 5.02 Å². The van der Waals surface area contributed by atoms with Crippen molar-refractivity contribution in [3.05, 3.63) is 63.1 Å². The van der Waals surface area contributed by atoms with Gasteiger partial charge in [0, 0.05) is 35.8 Å². The summed E-state index contributed by atoms with van der Waals surface area (Å²) >= 11 is 9.26. The van der Waals surface area contributed by atoms with Gasteiger partial charge in [-0.25, -0.2) is 9.97 Å². The molecule has 26 heavy (non-hydrogen) atoms. The SMILES string of the molecule is C[C@H](c1nccs1)N(C)C(=O)c1csc2nc(-c3ccccc3Cl)cn12. The average molecular weight is 403 g/mol. The summed E-state index contributed by atoms with van der Waals surface area (Å²) in [6.07, 6.45) is 3.62. The Morgan fingerprint density at radius 1 is 1.31 bits per heavy atom. The number of carbonyl (C=O) groups excluding carboxylic acids is 1. The summed E-state index contributed by atoms with van der Waals surface area (Å²) in [6.45, 7) is 1.98. The number of nitrogens with zero attached hydrogens (tertiary/aromatic N) is 4. The number of imidazole rings is 1. The van der Waals surface area contributed by atoms with Crippen molar-refractivity contribution in [3.63, 3.8) is 0 Å². The van der Waals surface area contributed by atoms with Gasteiger partial charge in [-0.05, 0) is 13.0 Å². The molecule has 0 spiro atoms. The number of halogens is 1. The van der Waals surface area contributed by atoms with Crippen molar-refractivity contribution in [2.24, 2.45) is 0 Å². The number of rotatable bonds is 4. The topological polar surface area (TPSA) is 50.5 Å². The van der Waals surface area contributed by atoms with Gasteiger partial charge in [0.15, 0.2) is 4.96 Å². The maximum atomic E-state index is 13.0. The third-order valence-corrected chi connectivity index (χ3v) is 6.40. The Morgan fingerprint density at radius 2 is 2.12 bits per heavy atom. The standard InChI is InChI=1S/C18H15ClN4OS2/c1-11(16-20-7-8-25-16)22(2)17(24)15-10-26-18-21-14(9-23(15)18)12-5-3-4-6-13(12)19/h3-11H,1-2H3/t11-/m1/s1. The van der Waals surface area contributed by atoms with Crippen LogP contribution in [0.3, 0.4) is 0 Å². The molecule has 0 radical (unpaired) electrons. The molecule has 1 aromatic carbocycles. The molecule has 0 N–H and O–H groups in total. The van der Waals surface area contributed by atoms with Crippen LogP contribution in [-0.4, -0.2) is 32.2 Å². The molecule has 0 saturated heterocycles. The highest BCUT2D eigenvalue weighted by Gasteiger charge is 2.24. The summed E-state index contributed by atoms with van der Waals surface area (Å²) in [7, 11) is 1.80. The Morgan fingerprint density at radius 3 is 2.85 bits per heavy atom. The first-order chi connectivity index (χ1) is 12.6. The van der Waals surface area contributed by atoms with Gasteiger partial charge >= 0.3 is 0 Å². The summed E-state index contributed by atoms with van der Waals surface area (Å²) < 4.78 is 1.83. The smallest absolute Gasteiger partial charge is 0.272 e. The molecule has 4 rings (SSSR count). The van der Waals surface area contributed by atoms with E-state index in [-0.39, 0.29) is 11.9 Å². The second-order valence-corrected chi connectivity index (χ2v) is 8.01. The van der Waals surface area contributed by atoms with Crippen LogP contribution in [0.5, 0.6) is 0 Å². The summed E-state index contributed by atoms with van der Waals surface area (Å²) in [4.78, 5) is 24.4. The molecule has 0 fully saturated rings. The van der Waals surface area contributed by atoms with Crippen LogP contribution < -0.4 is 0 Å². The molecule has 3 heterocycles. The molecule has 0 aliphatic heterocycles. The molecular formula is C18H15ClN4OS2. The highest BCUT2D eigenvalue weighted by molar-refractivity contribution is 7.15. The number of hydrogen-bond acceptors (Lipinski definition) is 5. The third-order valence-electron chi connectivity index (χ3n) is 4.29. The predicted octanol–water partition coefficient (Wildman–Crippen LogP) is 5.01. The van der Waals surface area contributed by atoms with Crippen LogP contribution in [0.4, 0.5) is 0 Å². The summed E-state index contributed by atoms with van der Waals surface area (Å²) in [6, 6.07) is 7.47. The zero-order valence-electron chi connectivity index (χ0n) is 14.1. The third kappa shape index (κ3) is 2.92. The van der Waals surface area contributed by atoms with Crippen molar-refractivity contribution < 1.29 is 4.79 Å². The molecule has 0 aliphatic rings. The minimum atomic E-state index is -0.0935. The summed E-state index contributed by atoms with van der Waals surface area (Å²) in [5.74, 6) is -0.0675. The fourth-order valence-corrected chi connectivity index (χ4v) is 4.52. The molecule has 1 atom stereocenters. The van der Waals surface area contributed by atoms with E-state index in [4.69, 9.17) is 11.6 Å². The average Bonchev–Trinajstić information content (AvgIpc) is 3.36. The maximum Gasteiger partial charge on any atom is 0.272 e. The van der Waals surface area contributed by atoms with Gasteiger partial charge in [-0.2, -0.15) is 0 Å². The first-order valence-electron chi connectivity index (χ1n) is 7.94. The lowest BCUT2D eigenvalue weighted by molar-refractivity contribution is 0.0736. The molecular weight excluding hydrogens is 388 g/mol. The highest BCUT2D eigenvalue weighted by atomic mass is 35.5. The van der Waals surface area contributed by atoms with E-state index in [1.807, 2.05) is 52.5 Å². The van der Waals surface area contributed by atoms with Gasteiger partial charge in [-0.15, -0.1) is 22.7 Å². The highest BCUT2D eigenvalue weighted by Crippen LogP contribution is 2.30. The molecule has 3 aromatic heterocycles. The van der Waals surface area contributed by atoms with E-state index >= 15 is 0 Å². The second-order valence-electron chi connectivity index (χ2n) is 5.84. The number of carbonyl (C=O) groups is 1. The van der Waals surface area contributed by atoms with Crippen LogP contribution in [0, 0.1) is 0 Å². The number of amides is 1. The monoisotopic (exact) mass is 402 g/mol. The van der Waals surface area contributed by atoms with Gasteiger partial charge < -0.3 is 4.90 Å². The van der Waals surface area contributed by atoms with E-state index in [2.05, 4.69) is 9.97 Å². The minimum Gasteiger partial charge on any atom is -0.331 e. The molecule has 132 valence electrons. The lowest BCUT2D eigenvalue weighted by atomic mass is 10.2. The summed E-state index contributed by atoms with van der Waals surface area (Å²) in [5, 5.41) is 5.31. The van der Waals surface area contributed by atoms with Crippen molar-refractivity contribution in [1.29, 1.82) is 0 Å². The largest absolute Gasteiger partial charge is 0.331 e. The van der Waals surface area contributed by atoms with Crippen molar-refractivity contribution in [1.82, 2.24) is 19.3 Å². The van der Waals surface area contributed by atoms with E-state index in [0.717, 1.165) is 21.2 Å². The van der Waals surface area contributed by atoms with E-state index in [1.54, 1.807) is 29.5 Å². The van der Waals surface area contributed by atoms with E-state index in [0.29, 0.717) is 10.7 Å². The molecule has 1 amide bonds. The lowest BCUT2D eigenvalue weighted by Crippen LogP contribution is -2.30. The Kier molecular flexibility index (Phi) is 4.52. The molecule has 0 bridgehead atoms. The minimum absolute atomic E-state index is 0.0675. The first kappa shape index (κ1) is 17.2. The zero-order chi connectivity index (χ0) is 18.3. The van der Waals surface area contributed by atoms with Gasteiger partial charge in [-0.3, -0.25) is 9.20 Å². The second kappa shape index (κ2) is 6.83. The van der Waals surface area contributed by atoms with Crippen molar-refractivity contribution >= 4 is 45.1 Å². The van der Waals surface area contributed by atoms with Crippen LogP contribution in [0.15, 0.2) is 47.4 Å². The van der Waals surface area contributed by atoms with Crippen LogP contribution in [-0.2, 0) is 0 Å². The zero-order valence-corrected chi connectivity index (χ0v) is 16.5. The Hall–Kier alpha value is -2.22. The van der Waals surface area contributed by atoms with Gasteiger partial charge in [0.1, 0.15) is 10.7 Å². The predicted molar refractivity (Wildman–Crippen MR) is 106 cm³/mol. The Balaban J connectivity index is 1.69. The van der Waals surface area contributed by atoms with Gasteiger partial charge in [0.2, 0.25) is 0 Å². The van der Waals surface area contributed by atoms with Crippen molar-refractivity contribution in [3.8, 4) is 11.3 Å². The maximum absolute atomic E-state index is 13.0. The fraction of sp³-hybridized carbons (Fsp3) is 0.167. The van der Waals surface area contributed by atoms with Crippen LogP contribution >= 0.6 is 34.3 Å². The van der Waals surface area contributed by atoms with Gasteiger partial charge in [-0.1, -0.05) is 29.8 Å². The molecule has 4 aromatic rings. The Labute approximate surface area is 163 Å². The Bertz CT molecular complexity index is 1070. The molecule has 8 heteroatoms. The number of aromatic nitrogens is 3. The lowest BCUT2D eigenvalue weighted by Gasteiger charge is -2.22. The van der Waals surface area contributed by atoms with E-state index < -0.39 is 0 Å². The molecule has 0 saturated carbocycles. The number of benzene rings is 1. The molecule has 0 unspecified atom stereocenters. The van der Waals surface area contributed by atoms with Gasteiger partial charge in [0.05, 0.1) is 16.8 Å². The normalized spacial score (nSPS) is 12.4. The van der Waals surface area contributed by atoms with Crippen molar-refractivity contribution in [2.45, 2.75) is 13.0 Å². The number of thiazole rings is 2. The van der Waals surface area contributed by atoms with Gasteiger partial charge in [0.25, 0.3) is 5.91 Å². The van der Waals surface area contributed by atoms with Crippen molar-refractivity contribution in [2.75, 3.05) is 7.05 Å². The van der Waals surface area contributed by atoms with E-state index in [9.17, 15) is 4.79 Å². The van der Waals surface area contributed by atoms with Crippen LogP contribution in [0.25, 0.3) is 16.2 Å². The fourth-order valence-electron chi connectivity index (χ4n) is 2.70. The quantitative estimate of drug-likeness (QED) is 0.482. The van der Waals surface area contributed by atoms with Crippen LogP contribution in [0.1, 0.15) is 28.5 Å². The number of fused-ring (bicyclic) bond motifs is 1. The summed E-state index contributed by atoms with van der Waals surface area (Å²) in [5.41, 5.74) is 2.20. The molecule has 5 nitrogen and oxygen atoms in total. The number of hydrogen-bond donors (Lipinski definition) is 0. The van der Waals surface area contributed by atoms with E-state index in [1.165, 1.54) is 11.3 Å².